The van der Waals surface area contributed by atoms with Crippen molar-refractivity contribution >= 4 is 11.6 Å². The van der Waals surface area contributed by atoms with Gasteiger partial charge < -0.3 is 10.4 Å². The standard InChI is InChI=1S/C13H14F2N4O2/c14-12(15)10-5-8(7-1-2-7)17-11-6-9(18-19(10)11)13(21)16-3-4-20/h5-7,12,20H,1-4H2,(H,16,21). The van der Waals surface area contributed by atoms with E-state index in [1.54, 1.807) is 0 Å². The van der Waals surface area contributed by atoms with Gasteiger partial charge in [-0.05, 0) is 18.9 Å². The molecular formula is C13H14F2N4O2. The lowest BCUT2D eigenvalue weighted by molar-refractivity contribution is 0.0938. The van der Waals surface area contributed by atoms with Gasteiger partial charge >= 0.3 is 0 Å². The molecule has 0 aromatic carbocycles. The zero-order valence-electron chi connectivity index (χ0n) is 11.1. The van der Waals surface area contributed by atoms with E-state index in [0.29, 0.717) is 5.69 Å². The van der Waals surface area contributed by atoms with Crippen LogP contribution in [0.5, 0.6) is 0 Å². The highest BCUT2D eigenvalue weighted by Crippen LogP contribution is 2.40. The van der Waals surface area contributed by atoms with E-state index in [-0.39, 0.29) is 36.1 Å². The van der Waals surface area contributed by atoms with Crippen LogP contribution in [0, 0.1) is 0 Å². The molecule has 2 N–H and O–H groups in total. The zero-order valence-corrected chi connectivity index (χ0v) is 11.1. The third kappa shape index (κ3) is 2.71. The van der Waals surface area contributed by atoms with E-state index in [2.05, 4.69) is 15.4 Å². The number of carbonyl (C=O) groups is 1. The number of rotatable bonds is 5. The van der Waals surface area contributed by atoms with Crippen LogP contribution in [0.3, 0.4) is 0 Å². The first kappa shape index (κ1) is 13.9. The van der Waals surface area contributed by atoms with Crippen LogP contribution < -0.4 is 5.32 Å². The molecule has 112 valence electrons. The number of aliphatic hydroxyl groups is 1. The Labute approximate surface area is 118 Å². The highest BCUT2D eigenvalue weighted by atomic mass is 19.3. The van der Waals surface area contributed by atoms with Crippen molar-refractivity contribution in [1.82, 2.24) is 19.9 Å². The fourth-order valence-electron chi connectivity index (χ4n) is 2.13. The normalized spacial score (nSPS) is 14.9. The lowest BCUT2D eigenvalue weighted by atomic mass is 10.2. The summed E-state index contributed by atoms with van der Waals surface area (Å²) in [6.07, 6.45) is -0.797. The van der Waals surface area contributed by atoms with E-state index in [4.69, 9.17) is 5.11 Å². The quantitative estimate of drug-likeness (QED) is 0.870. The second-order valence-corrected chi connectivity index (χ2v) is 4.96. The molecule has 0 spiro atoms. The van der Waals surface area contributed by atoms with Gasteiger partial charge in [0.1, 0.15) is 5.69 Å². The molecule has 3 rings (SSSR count). The highest BCUT2D eigenvalue weighted by molar-refractivity contribution is 5.93. The van der Waals surface area contributed by atoms with Gasteiger partial charge in [0.15, 0.2) is 11.3 Å². The number of amides is 1. The summed E-state index contributed by atoms with van der Waals surface area (Å²) < 4.78 is 27.3. The second kappa shape index (κ2) is 5.36. The maximum Gasteiger partial charge on any atom is 0.280 e. The fourth-order valence-corrected chi connectivity index (χ4v) is 2.13. The number of hydrogen-bond acceptors (Lipinski definition) is 4. The minimum Gasteiger partial charge on any atom is -0.395 e. The summed E-state index contributed by atoms with van der Waals surface area (Å²) in [5.74, 6) is -0.295. The molecule has 8 heteroatoms. The number of fused-ring (bicyclic) bond motifs is 1. The number of aliphatic hydroxyl groups excluding tert-OH is 1. The first-order valence-corrected chi connectivity index (χ1v) is 6.68. The first-order chi connectivity index (χ1) is 10.1. The number of hydrogen-bond donors (Lipinski definition) is 2. The summed E-state index contributed by atoms with van der Waals surface area (Å²) in [6.45, 7) is -0.124. The Kier molecular flexibility index (Phi) is 3.54. The van der Waals surface area contributed by atoms with Gasteiger partial charge in [0.05, 0.1) is 6.61 Å². The Balaban J connectivity index is 2.02. The second-order valence-electron chi connectivity index (χ2n) is 4.96. The Hall–Kier alpha value is -2.09. The largest absolute Gasteiger partial charge is 0.395 e. The third-order valence-corrected chi connectivity index (χ3v) is 3.32. The number of alkyl halides is 2. The molecule has 2 aromatic heterocycles. The van der Waals surface area contributed by atoms with Gasteiger partial charge in [-0.2, -0.15) is 5.10 Å². The van der Waals surface area contributed by atoms with Crippen LogP contribution >= 0.6 is 0 Å². The summed E-state index contributed by atoms with van der Waals surface area (Å²) in [7, 11) is 0. The topological polar surface area (TPSA) is 79.5 Å². The maximum atomic E-state index is 13.2. The number of halogens is 2. The molecule has 1 fully saturated rings. The Bertz CT molecular complexity index is 682. The summed E-state index contributed by atoms with van der Waals surface area (Å²) >= 11 is 0. The summed E-state index contributed by atoms with van der Waals surface area (Å²) in [5, 5.41) is 15.0. The van der Waals surface area contributed by atoms with E-state index < -0.39 is 12.3 Å². The van der Waals surface area contributed by atoms with Gasteiger partial charge in [0, 0.05) is 24.2 Å². The number of nitrogens with one attached hydrogen (secondary N) is 1. The van der Waals surface area contributed by atoms with Crippen LogP contribution in [0.15, 0.2) is 12.1 Å². The van der Waals surface area contributed by atoms with Crippen molar-refractivity contribution in [2.75, 3.05) is 13.2 Å². The molecule has 1 aliphatic rings. The van der Waals surface area contributed by atoms with Crippen molar-refractivity contribution in [3.05, 3.63) is 29.2 Å². The fraction of sp³-hybridized carbons (Fsp3) is 0.462. The number of carbonyl (C=O) groups excluding carboxylic acids is 1. The van der Waals surface area contributed by atoms with E-state index in [9.17, 15) is 13.6 Å². The highest BCUT2D eigenvalue weighted by Gasteiger charge is 2.28. The van der Waals surface area contributed by atoms with E-state index in [0.717, 1.165) is 17.4 Å². The predicted octanol–water partition coefficient (Wildman–Crippen LogP) is 1.27. The van der Waals surface area contributed by atoms with E-state index in [1.165, 1.54) is 12.1 Å². The average Bonchev–Trinajstić information content (AvgIpc) is 3.22. The predicted molar refractivity (Wildman–Crippen MR) is 69.3 cm³/mol. The molecule has 2 heterocycles. The van der Waals surface area contributed by atoms with Crippen LogP contribution in [0.2, 0.25) is 0 Å². The van der Waals surface area contributed by atoms with Gasteiger partial charge in [0.25, 0.3) is 12.3 Å². The minimum absolute atomic E-state index is 0.00537. The van der Waals surface area contributed by atoms with Crippen molar-refractivity contribution < 1.29 is 18.7 Å². The molecule has 0 atom stereocenters. The van der Waals surface area contributed by atoms with Crippen LogP contribution in [0.4, 0.5) is 8.78 Å². The lowest BCUT2D eigenvalue weighted by Gasteiger charge is -2.06. The molecule has 21 heavy (non-hydrogen) atoms. The molecule has 1 saturated carbocycles. The van der Waals surface area contributed by atoms with Crippen LogP contribution in [-0.2, 0) is 0 Å². The molecule has 0 radical (unpaired) electrons. The van der Waals surface area contributed by atoms with Gasteiger partial charge in [-0.3, -0.25) is 4.79 Å². The van der Waals surface area contributed by atoms with Crippen LogP contribution in [0.1, 0.15) is 47.1 Å². The van der Waals surface area contributed by atoms with Gasteiger partial charge in [-0.15, -0.1) is 0 Å². The molecular weight excluding hydrogens is 282 g/mol. The minimum atomic E-state index is -2.69. The number of nitrogens with zero attached hydrogens (tertiary/aromatic N) is 3. The first-order valence-electron chi connectivity index (χ1n) is 6.68. The molecule has 0 saturated heterocycles. The van der Waals surface area contributed by atoms with Crippen LogP contribution in [0.25, 0.3) is 5.65 Å². The molecule has 2 aromatic rings. The maximum absolute atomic E-state index is 13.2. The van der Waals surface area contributed by atoms with Crippen molar-refractivity contribution in [3.8, 4) is 0 Å². The van der Waals surface area contributed by atoms with Crippen molar-refractivity contribution in [2.45, 2.75) is 25.2 Å². The third-order valence-electron chi connectivity index (χ3n) is 3.32. The SMILES string of the molecule is O=C(NCCO)c1cc2nc(C3CC3)cc(C(F)F)n2n1. The molecule has 0 bridgehead atoms. The van der Waals surface area contributed by atoms with Crippen molar-refractivity contribution in [3.63, 3.8) is 0 Å². The van der Waals surface area contributed by atoms with Gasteiger partial charge in [0.2, 0.25) is 0 Å². The lowest BCUT2D eigenvalue weighted by Crippen LogP contribution is -2.26. The van der Waals surface area contributed by atoms with E-state index >= 15 is 0 Å². The monoisotopic (exact) mass is 296 g/mol. The van der Waals surface area contributed by atoms with Crippen molar-refractivity contribution in [1.29, 1.82) is 0 Å². The van der Waals surface area contributed by atoms with Gasteiger partial charge in [-0.25, -0.2) is 18.3 Å². The Morgan fingerprint density at radius 1 is 1.48 bits per heavy atom. The number of aromatic nitrogens is 3. The Morgan fingerprint density at radius 3 is 2.86 bits per heavy atom. The molecule has 0 aliphatic heterocycles. The van der Waals surface area contributed by atoms with Crippen LogP contribution in [-0.4, -0.2) is 38.8 Å². The molecule has 1 amide bonds. The smallest absolute Gasteiger partial charge is 0.280 e. The average molecular weight is 296 g/mol. The molecule has 6 nitrogen and oxygen atoms in total. The van der Waals surface area contributed by atoms with Crippen molar-refractivity contribution in [2.24, 2.45) is 0 Å². The zero-order chi connectivity index (χ0) is 15.0. The van der Waals surface area contributed by atoms with E-state index in [1.807, 2.05) is 0 Å². The Morgan fingerprint density at radius 2 is 2.24 bits per heavy atom. The summed E-state index contributed by atoms with van der Waals surface area (Å²) in [4.78, 5) is 16.1. The summed E-state index contributed by atoms with van der Waals surface area (Å²) in [6, 6.07) is 2.74. The molecule has 1 aliphatic carbocycles. The summed E-state index contributed by atoms with van der Waals surface area (Å²) in [5.41, 5.74) is 0.609. The van der Waals surface area contributed by atoms with Gasteiger partial charge in [-0.1, -0.05) is 0 Å². The molecule has 0 unspecified atom stereocenters.